The predicted octanol–water partition coefficient (Wildman–Crippen LogP) is 5.49. The number of benzene rings is 1. The van der Waals surface area contributed by atoms with E-state index in [4.69, 9.17) is 4.42 Å². The third-order valence-corrected chi connectivity index (χ3v) is 5.20. The molecule has 0 amide bonds. The van der Waals surface area contributed by atoms with Crippen molar-refractivity contribution in [1.29, 1.82) is 0 Å². The maximum absolute atomic E-state index is 14.8. The molecule has 4 rings (SSSR count). The van der Waals surface area contributed by atoms with Crippen LogP contribution in [0.2, 0.25) is 0 Å². The molecule has 0 fully saturated rings. The number of rotatable bonds is 2. The number of hydrogen-bond donors (Lipinski definition) is 0. The third kappa shape index (κ3) is 2.60. The molecular formula is C22H21F2N2O+. The van der Waals surface area contributed by atoms with Gasteiger partial charge in [0.2, 0.25) is 17.4 Å². The smallest absolute Gasteiger partial charge is 0.232 e. The molecule has 0 aliphatic carbocycles. The Balaban J connectivity index is 2.14. The minimum atomic E-state index is -0.843. The van der Waals surface area contributed by atoms with Crippen LogP contribution in [0, 0.1) is 25.6 Å². The van der Waals surface area contributed by atoms with E-state index in [0.717, 1.165) is 16.8 Å². The largest absolute Gasteiger partial charge is 0.437 e. The summed E-state index contributed by atoms with van der Waals surface area (Å²) in [6.45, 7) is 7.65. The Kier molecular flexibility index (Phi) is 3.98. The van der Waals surface area contributed by atoms with Gasteiger partial charge in [0.05, 0.1) is 10.9 Å². The molecule has 3 aromatic heterocycles. The normalized spacial score (nSPS) is 11.9. The Morgan fingerprint density at radius 2 is 1.85 bits per heavy atom. The highest BCUT2D eigenvalue weighted by Crippen LogP contribution is 2.38. The van der Waals surface area contributed by atoms with Crippen molar-refractivity contribution in [1.82, 2.24) is 4.98 Å². The summed E-state index contributed by atoms with van der Waals surface area (Å²) in [4.78, 5) is 3.83. The molecule has 1 aromatic carbocycles. The highest BCUT2D eigenvalue weighted by atomic mass is 19.1. The van der Waals surface area contributed by atoms with Gasteiger partial charge < -0.3 is 4.42 Å². The van der Waals surface area contributed by atoms with E-state index in [1.807, 2.05) is 36.9 Å². The zero-order valence-electron chi connectivity index (χ0n) is 16.0. The quantitative estimate of drug-likeness (QED) is 0.346. The van der Waals surface area contributed by atoms with Gasteiger partial charge in [0.15, 0.2) is 11.8 Å². The second kappa shape index (κ2) is 6.12. The van der Waals surface area contributed by atoms with Crippen LogP contribution in [0.5, 0.6) is 0 Å². The highest BCUT2D eigenvalue weighted by molar-refractivity contribution is 6.09. The maximum Gasteiger partial charge on any atom is 0.232 e. The van der Waals surface area contributed by atoms with E-state index in [1.165, 1.54) is 12.5 Å². The average Bonchev–Trinajstić information content (AvgIpc) is 2.98. The topological polar surface area (TPSA) is 29.9 Å². The lowest BCUT2D eigenvalue weighted by Crippen LogP contribution is -2.31. The van der Waals surface area contributed by atoms with Crippen molar-refractivity contribution in [2.45, 2.75) is 33.6 Å². The second-order valence-electron chi connectivity index (χ2n) is 7.37. The molecular weight excluding hydrogens is 346 g/mol. The molecule has 5 heteroatoms. The van der Waals surface area contributed by atoms with E-state index >= 15 is 0 Å². The van der Waals surface area contributed by atoms with Crippen LogP contribution in [0.15, 0.2) is 34.9 Å². The number of aryl methyl sites for hydroxylation is 2. The molecule has 0 bridgehead atoms. The molecule has 0 atom stereocenters. The van der Waals surface area contributed by atoms with Crippen LogP contribution in [0.1, 0.15) is 36.5 Å². The van der Waals surface area contributed by atoms with Gasteiger partial charge in [-0.05, 0) is 30.9 Å². The Bertz CT molecular complexity index is 1210. The van der Waals surface area contributed by atoms with Crippen molar-refractivity contribution in [3.05, 3.63) is 58.9 Å². The zero-order valence-corrected chi connectivity index (χ0v) is 16.0. The SMILES string of the molecule is Cc1ccc2c(oc3nc(F)c(C)c(F)c32)c1-c1cc(C(C)C)cc[n+]1C. The lowest BCUT2D eigenvalue weighted by Gasteiger charge is -2.09. The Hall–Kier alpha value is -2.82. The average molecular weight is 367 g/mol. The summed E-state index contributed by atoms with van der Waals surface area (Å²) in [7, 11) is 1.96. The molecule has 3 nitrogen and oxygen atoms in total. The van der Waals surface area contributed by atoms with Crippen LogP contribution in [0.3, 0.4) is 0 Å². The van der Waals surface area contributed by atoms with Crippen molar-refractivity contribution in [2.24, 2.45) is 7.05 Å². The zero-order chi connectivity index (χ0) is 19.5. The van der Waals surface area contributed by atoms with Crippen LogP contribution in [0.25, 0.3) is 33.3 Å². The molecule has 4 aromatic rings. The van der Waals surface area contributed by atoms with Gasteiger partial charge >= 0.3 is 0 Å². The number of aromatic nitrogens is 2. The first kappa shape index (κ1) is 17.6. The summed E-state index contributed by atoms with van der Waals surface area (Å²) >= 11 is 0. The lowest BCUT2D eigenvalue weighted by molar-refractivity contribution is -0.660. The van der Waals surface area contributed by atoms with Crippen LogP contribution in [-0.4, -0.2) is 4.98 Å². The van der Waals surface area contributed by atoms with Gasteiger partial charge in [-0.1, -0.05) is 26.0 Å². The van der Waals surface area contributed by atoms with Crippen molar-refractivity contribution in [2.75, 3.05) is 0 Å². The van der Waals surface area contributed by atoms with Crippen molar-refractivity contribution >= 4 is 22.1 Å². The van der Waals surface area contributed by atoms with E-state index < -0.39 is 11.8 Å². The molecule has 0 radical (unpaired) electrons. The highest BCUT2D eigenvalue weighted by Gasteiger charge is 2.24. The number of furan rings is 1. The molecule has 0 aliphatic heterocycles. The fraction of sp³-hybridized carbons (Fsp3) is 0.273. The van der Waals surface area contributed by atoms with Gasteiger partial charge in [-0.3, -0.25) is 0 Å². The minimum absolute atomic E-state index is 0.0138. The van der Waals surface area contributed by atoms with Gasteiger partial charge in [0.1, 0.15) is 12.9 Å². The Morgan fingerprint density at radius 1 is 1.11 bits per heavy atom. The minimum Gasteiger partial charge on any atom is -0.437 e. The first-order valence-electron chi connectivity index (χ1n) is 8.97. The summed E-state index contributed by atoms with van der Waals surface area (Å²) in [5.41, 5.74) is 4.43. The van der Waals surface area contributed by atoms with E-state index in [2.05, 4.69) is 31.0 Å². The monoisotopic (exact) mass is 367 g/mol. The van der Waals surface area contributed by atoms with Gasteiger partial charge in [-0.25, -0.2) is 8.96 Å². The molecule has 0 saturated heterocycles. The fourth-order valence-corrected chi connectivity index (χ4v) is 3.50. The molecule has 0 N–H and O–H groups in total. The van der Waals surface area contributed by atoms with Gasteiger partial charge in [0.25, 0.3) is 0 Å². The molecule has 0 aliphatic rings. The van der Waals surface area contributed by atoms with Gasteiger partial charge in [-0.2, -0.15) is 9.37 Å². The van der Waals surface area contributed by atoms with E-state index in [1.54, 1.807) is 0 Å². The van der Waals surface area contributed by atoms with Crippen LogP contribution < -0.4 is 4.57 Å². The lowest BCUT2D eigenvalue weighted by atomic mass is 9.97. The molecule has 138 valence electrons. The number of nitrogens with zero attached hydrogens (tertiary/aromatic N) is 2. The maximum atomic E-state index is 14.8. The van der Waals surface area contributed by atoms with Crippen molar-refractivity contribution in [3.63, 3.8) is 0 Å². The van der Waals surface area contributed by atoms with Gasteiger partial charge in [0, 0.05) is 23.1 Å². The summed E-state index contributed by atoms with van der Waals surface area (Å²) in [5, 5.41) is 0.835. The van der Waals surface area contributed by atoms with Crippen molar-refractivity contribution in [3.8, 4) is 11.3 Å². The molecule has 0 unspecified atom stereocenters. The molecule has 0 spiro atoms. The predicted molar refractivity (Wildman–Crippen MR) is 102 cm³/mol. The van der Waals surface area contributed by atoms with Crippen molar-refractivity contribution < 1.29 is 17.8 Å². The molecule has 3 heterocycles. The Labute approximate surface area is 156 Å². The first-order chi connectivity index (χ1) is 12.8. The summed E-state index contributed by atoms with van der Waals surface area (Å²) in [6, 6.07) is 7.96. The summed E-state index contributed by atoms with van der Waals surface area (Å²) < 4.78 is 36.6. The van der Waals surface area contributed by atoms with Gasteiger partial charge in [-0.15, -0.1) is 0 Å². The second-order valence-corrected chi connectivity index (χ2v) is 7.37. The Morgan fingerprint density at radius 3 is 2.56 bits per heavy atom. The van der Waals surface area contributed by atoms with E-state index in [9.17, 15) is 8.78 Å². The van der Waals surface area contributed by atoms with Crippen LogP contribution in [0.4, 0.5) is 8.78 Å². The number of hydrogen-bond acceptors (Lipinski definition) is 2. The molecule has 0 saturated carbocycles. The molecule has 27 heavy (non-hydrogen) atoms. The van der Waals surface area contributed by atoms with E-state index in [-0.39, 0.29) is 16.7 Å². The third-order valence-electron chi connectivity index (χ3n) is 5.20. The number of fused-ring (bicyclic) bond motifs is 3. The first-order valence-corrected chi connectivity index (χ1v) is 8.97. The summed E-state index contributed by atoms with van der Waals surface area (Å²) in [6.07, 6.45) is 2.01. The summed E-state index contributed by atoms with van der Waals surface area (Å²) in [5.74, 6) is -1.09. The van der Waals surface area contributed by atoms with Crippen LogP contribution in [-0.2, 0) is 7.05 Å². The standard InChI is InChI=1S/C22H21F2N2O/c1-11(2)14-8-9-26(5)16(10-14)17-12(3)6-7-15-18-19(23)13(4)21(24)25-22(18)27-20(15)17/h6-11H,1-5H3/q+1. The fourth-order valence-electron chi connectivity index (χ4n) is 3.50. The van der Waals surface area contributed by atoms with E-state index in [0.29, 0.717) is 16.9 Å². The van der Waals surface area contributed by atoms with Crippen LogP contribution >= 0.6 is 0 Å². The number of halogens is 2. The number of pyridine rings is 2.